The number of nitrogens with zero attached hydrogens (tertiary/aromatic N) is 1. The zero-order valence-electron chi connectivity index (χ0n) is 18.3. The van der Waals surface area contributed by atoms with E-state index in [1.807, 2.05) is 18.2 Å². The van der Waals surface area contributed by atoms with Crippen LogP contribution in [0, 0.1) is 27.7 Å². The monoisotopic (exact) mass is 381 g/mol. The molecule has 0 saturated carbocycles. The molecule has 3 rings (SSSR count). The quantitative estimate of drug-likeness (QED) is 0.788. The van der Waals surface area contributed by atoms with Crippen LogP contribution in [0.5, 0.6) is 5.75 Å². The molecule has 0 bridgehead atoms. The number of hydrogen-bond donors (Lipinski definition) is 1. The van der Waals surface area contributed by atoms with E-state index in [4.69, 9.17) is 4.74 Å². The molecule has 1 aliphatic rings. The van der Waals surface area contributed by atoms with E-state index in [1.165, 1.54) is 19.3 Å². The summed E-state index contributed by atoms with van der Waals surface area (Å²) in [7, 11) is 1.73. The first kappa shape index (κ1) is 20.9. The molecule has 2 atom stereocenters. The van der Waals surface area contributed by atoms with Gasteiger partial charge in [-0.25, -0.2) is 0 Å². The fourth-order valence-corrected chi connectivity index (χ4v) is 5.01. The second-order valence-electron chi connectivity index (χ2n) is 8.31. The lowest BCUT2D eigenvalue weighted by atomic mass is 9.74. The molecule has 2 aromatic carbocycles. The topological polar surface area (TPSA) is 32.7 Å². The SMILES string of the molecule is COc1c(C)c(C)c(C(O)(c2ccccc2)C(C)N2CCCCC2)c(C)c1C. The minimum atomic E-state index is -1.07. The summed E-state index contributed by atoms with van der Waals surface area (Å²) in [5.74, 6) is 0.930. The van der Waals surface area contributed by atoms with Crippen molar-refractivity contribution in [1.29, 1.82) is 0 Å². The highest BCUT2D eigenvalue weighted by Crippen LogP contribution is 2.44. The third-order valence-corrected chi connectivity index (χ3v) is 6.90. The molecule has 0 amide bonds. The van der Waals surface area contributed by atoms with E-state index in [2.05, 4.69) is 51.7 Å². The molecule has 0 spiro atoms. The van der Waals surface area contributed by atoms with Crippen molar-refractivity contribution in [2.24, 2.45) is 0 Å². The summed E-state index contributed by atoms with van der Waals surface area (Å²) in [5, 5.41) is 12.5. The Morgan fingerprint density at radius 2 is 1.43 bits per heavy atom. The van der Waals surface area contributed by atoms with Gasteiger partial charge in [-0.1, -0.05) is 36.8 Å². The normalized spacial score (nSPS) is 18.5. The predicted molar refractivity (Wildman–Crippen MR) is 116 cm³/mol. The maximum absolute atomic E-state index is 12.5. The lowest BCUT2D eigenvalue weighted by Gasteiger charge is -2.45. The van der Waals surface area contributed by atoms with Crippen LogP contribution in [0.2, 0.25) is 0 Å². The van der Waals surface area contributed by atoms with Crippen LogP contribution in [0.3, 0.4) is 0 Å². The molecule has 2 unspecified atom stereocenters. The van der Waals surface area contributed by atoms with Gasteiger partial charge in [-0.15, -0.1) is 0 Å². The van der Waals surface area contributed by atoms with Crippen molar-refractivity contribution in [1.82, 2.24) is 4.90 Å². The fraction of sp³-hybridized carbons (Fsp3) is 0.520. The Bertz CT molecular complexity index is 795. The Hall–Kier alpha value is -1.84. The highest BCUT2D eigenvalue weighted by atomic mass is 16.5. The van der Waals surface area contributed by atoms with Gasteiger partial charge in [0.05, 0.1) is 7.11 Å². The van der Waals surface area contributed by atoms with Crippen LogP contribution in [0.25, 0.3) is 0 Å². The Morgan fingerprint density at radius 1 is 0.893 bits per heavy atom. The van der Waals surface area contributed by atoms with Crippen LogP contribution in [0.1, 0.15) is 59.6 Å². The van der Waals surface area contributed by atoms with Gasteiger partial charge in [0, 0.05) is 6.04 Å². The molecule has 0 radical (unpaired) electrons. The predicted octanol–water partition coefficient (Wildman–Crippen LogP) is 5.04. The Kier molecular flexibility index (Phi) is 6.16. The van der Waals surface area contributed by atoms with E-state index in [1.54, 1.807) is 7.11 Å². The average molecular weight is 382 g/mol. The molecule has 2 aromatic rings. The average Bonchev–Trinajstić information content (AvgIpc) is 2.73. The van der Waals surface area contributed by atoms with E-state index in [0.29, 0.717) is 0 Å². The molecular formula is C25H35NO2. The summed E-state index contributed by atoms with van der Waals surface area (Å²) < 4.78 is 5.70. The van der Waals surface area contributed by atoms with Crippen LogP contribution < -0.4 is 4.74 Å². The Labute approximate surface area is 170 Å². The molecule has 3 heteroatoms. The molecule has 1 fully saturated rings. The maximum Gasteiger partial charge on any atom is 0.130 e. The van der Waals surface area contributed by atoms with E-state index in [9.17, 15) is 5.11 Å². The zero-order chi connectivity index (χ0) is 20.5. The number of likely N-dealkylation sites (tertiary alicyclic amines) is 1. The smallest absolute Gasteiger partial charge is 0.130 e. The molecular weight excluding hydrogens is 346 g/mol. The summed E-state index contributed by atoms with van der Waals surface area (Å²) in [4.78, 5) is 2.46. The molecule has 3 nitrogen and oxygen atoms in total. The number of methoxy groups -OCH3 is 1. The second kappa shape index (κ2) is 8.26. The summed E-state index contributed by atoms with van der Waals surface area (Å²) >= 11 is 0. The molecule has 1 saturated heterocycles. The van der Waals surface area contributed by atoms with Crippen LogP contribution >= 0.6 is 0 Å². The van der Waals surface area contributed by atoms with E-state index in [-0.39, 0.29) is 6.04 Å². The van der Waals surface area contributed by atoms with E-state index in [0.717, 1.165) is 52.2 Å². The molecule has 152 valence electrons. The molecule has 0 aliphatic carbocycles. The molecule has 1 N–H and O–H groups in total. The summed E-state index contributed by atoms with van der Waals surface area (Å²) in [5.41, 5.74) is 5.39. The molecule has 28 heavy (non-hydrogen) atoms. The molecule has 1 aliphatic heterocycles. The maximum atomic E-state index is 12.5. The van der Waals surface area contributed by atoms with Gasteiger partial charge in [0.15, 0.2) is 0 Å². The second-order valence-corrected chi connectivity index (χ2v) is 8.31. The number of rotatable bonds is 5. The number of aliphatic hydroxyl groups is 1. The van der Waals surface area contributed by atoms with E-state index < -0.39 is 5.60 Å². The molecule has 1 heterocycles. The van der Waals surface area contributed by atoms with Gasteiger partial charge < -0.3 is 9.84 Å². The lowest BCUT2D eigenvalue weighted by Crippen LogP contribution is -2.52. The van der Waals surface area contributed by atoms with Crippen LogP contribution in [-0.2, 0) is 5.60 Å². The fourth-order valence-electron chi connectivity index (χ4n) is 5.01. The van der Waals surface area contributed by atoms with Crippen molar-refractivity contribution in [3.8, 4) is 5.75 Å². The van der Waals surface area contributed by atoms with Crippen LogP contribution in [0.4, 0.5) is 0 Å². The van der Waals surface area contributed by atoms with Gasteiger partial charge in [-0.05, 0) is 93.9 Å². The first-order chi connectivity index (χ1) is 13.3. The highest BCUT2D eigenvalue weighted by Gasteiger charge is 2.43. The Morgan fingerprint density at radius 3 is 1.93 bits per heavy atom. The number of benzene rings is 2. The summed E-state index contributed by atoms with van der Waals surface area (Å²) in [6.45, 7) is 12.7. The zero-order valence-corrected chi connectivity index (χ0v) is 18.3. The Balaban J connectivity index is 2.27. The minimum Gasteiger partial charge on any atom is -0.496 e. The van der Waals surface area contributed by atoms with Crippen molar-refractivity contribution in [3.05, 3.63) is 63.7 Å². The third-order valence-electron chi connectivity index (χ3n) is 6.90. The van der Waals surface area contributed by atoms with Crippen molar-refractivity contribution in [2.45, 2.75) is 65.5 Å². The van der Waals surface area contributed by atoms with Crippen LogP contribution in [-0.4, -0.2) is 36.2 Å². The standard InChI is InChI=1S/C25H35NO2/c1-17-19(3)24(28-6)20(4)18(2)23(17)25(27,22-13-9-7-10-14-22)21(5)26-15-11-8-12-16-26/h7,9-10,13-14,21,27H,8,11-12,15-16H2,1-6H3. The van der Waals surface area contributed by atoms with Gasteiger partial charge in [-0.2, -0.15) is 0 Å². The first-order valence-corrected chi connectivity index (χ1v) is 10.5. The highest BCUT2D eigenvalue weighted by molar-refractivity contribution is 5.58. The summed E-state index contributed by atoms with van der Waals surface area (Å²) in [6.07, 6.45) is 3.69. The van der Waals surface area contributed by atoms with Crippen molar-refractivity contribution < 1.29 is 9.84 Å². The van der Waals surface area contributed by atoms with Crippen molar-refractivity contribution >= 4 is 0 Å². The van der Waals surface area contributed by atoms with Gasteiger partial charge in [0.1, 0.15) is 11.4 Å². The van der Waals surface area contributed by atoms with Gasteiger partial charge in [-0.3, -0.25) is 4.90 Å². The van der Waals surface area contributed by atoms with E-state index >= 15 is 0 Å². The van der Waals surface area contributed by atoms with Gasteiger partial charge in [0.2, 0.25) is 0 Å². The van der Waals surface area contributed by atoms with Gasteiger partial charge >= 0.3 is 0 Å². The summed E-state index contributed by atoms with van der Waals surface area (Å²) in [6, 6.07) is 10.2. The first-order valence-electron chi connectivity index (χ1n) is 10.5. The number of piperidine rings is 1. The molecule has 0 aromatic heterocycles. The van der Waals surface area contributed by atoms with Gasteiger partial charge in [0.25, 0.3) is 0 Å². The minimum absolute atomic E-state index is 0.0141. The number of ether oxygens (including phenoxy) is 1. The van der Waals surface area contributed by atoms with Crippen molar-refractivity contribution in [3.63, 3.8) is 0 Å². The van der Waals surface area contributed by atoms with Crippen LogP contribution in [0.15, 0.2) is 30.3 Å². The van der Waals surface area contributed by atoms with Crippen molar-refractivity contribution in [2.75, 3.05) is 20.2 Å². The lowest BCUT2D eigenvalue weighted by molar-refractivity contribution is -0.0204. The largest absolute Gasteiger partial charge is 0.496 e. The number of hydrogen-bond acceptors (Lipinski definition) is 3. The third kappa shape index (κ3) is 3.35.